The number of fused-ring (bicyclic) bond motifs is 1. The van der Waals surface area contributed by atoms with E-state index in [1.54, 1.807) is 12.1 Å². The zero-order valence-electron chi connectivity index (χ0n) is 13.1. The van der Waals surface area contributed by atoms with Gasteiger partial charge in [0.05, 0.1) is 11.6 Å². The van der Waals surface area contributed by atoms with Crippen molar-refractivity contribution in [1.82, 2.24) is 20.2 Å². The number of carbonyl (C=O) groups is 1. The number of halogens is 4. The molecular weight excluding hydrogens is 361 g/mol. The largest absolute Gasteiger partial charge is 0.354 e. The average molecular weight is 381 g/mol. The molecule has 0 spiro atoms. The minimum absolute atomic E-state index is 0. The monoisotopic (exact) mass is 380 g/mol. The maximum atomic E-state index is 13.7. The second-order valence-electron chi connectivity index (χ2n) is 5.53. The summed E-state index contributed by atoms with van der Waals surface area (Å²) in [5.41, 5.74) is 1.06. The first-order chi connectivity index (χ1) is 10.6. The Labute approximate surface area is 151 Å². The van der Waals surface area contributed by atoms with Gasteiger partial charge in [0.2, 0.25) is 5.91 Å². The summed E-state index contributed by atoms with van der Waals surface area (Å²) in [6.07, 6.45) is -0.260. The van der Waals surface area contributed by atoms with E-state index in [0.29, 0.717) is 24.3 Å². The van der Waals surface area contributed by atoms with Crippen LogP contribution >= 0.6 is 24.8 Å². The summed E-state index contributed by atoms with van der Waals surface area (Å²) in [4.78, 5) is 16.1. The zero-order valence-corrected chi connectivity index (χ0v) is 14.7. The molecule has 2 heterocycles. The van der Waals surface area contributed by atoms with Crippen molar-refractivity contribution < 1.29 is 13.6 Å². The number of hydrogen-bond donors (Lipinski definition) is 2. The Kier molecular flexibility index (Phi) is 7.38. The van der Waals surface area contributed by atoms with Gasteiger partial charge in [0.1, 0.15) is 17.5 Å². The highest BCUT2D eigenvalue weighted by molar-refractivity contribution is 5.85. The molecule has 1 saturated heterocycles. The number of rotatable bonds is 4. The molecule has 1 amide bonds. The molecule has 0 radical (unpaired) electrons. The number of carbonyl (C=O) groups excluding carboxylic acids is 1. The minimum Gasteiger partial charge on any atom is -0.354 e. The number of hydrogen-bond acceptors (Lipinski definition) is 3. The molecule has 3 rings (SSSR count). The number of aryl methyl sites for hydroxylation is 1. The van der Waals surface area contributed by atoms with Gasteiger partial charge in [-0.2, -0.15) is 0 Å². The third-order valence-electron chi connectivity index (χ3n) is 4.00. The molecule has 1 fully saturated rings. The quantitative estimate of drug-likeness (QED) is 0.851. The van der Waals surface area contributed by atoms with Crippen LogP contribution < -0.4 is 10.6 Å². The van der Waals surface area contributed by atoms with Gasteiger partial charge in [-0.25, -0.2) is 13.8 Å². The van der Waals surface area contributed by atoms with Gasteiger partial charge in [0.15, 0.2) is 5.82 Å². The second-order valence-corrected chi connectivity index (χ2v) is 5.53. The molecule has 1 aliphatic rings. The summed E-state index contributed by atoms with van der Waals surface area (Å²) in [5.74, 6) is 0.140. The summed E-state index contributed by atoms with van der Waals surface area (Å²) in [7, 11) is 1.82. The standard InChI is InChI=1S/C15H18F2N4O.2ClH/c1-21-12-4-2-3-10(17)14(12)20-13(21)5-6-18-15(22)11-7-9(16)8-19-11;;/h2-4,9,11,19H,5-8H2,1H3,(H,18,22);2*1H/t9-,11+;;/m0../s1. The number of para-hydroxylation sites is 1. The summed E-state index contributed by atoms with van der Waals surface area (Å²) in [6.45, 7) is 0.606. The number of amides is 1. The first-order valence-corrected chi connectivity index (χ1v) is 7.31. The molecule has 5 nitrogen and oxygen atoms in total. The van der Waals surface area contributed by atoms with E-state index in [1.165, 1.54) is 6.07 Å². The van der Waals surface area contributed by atoms with Gasteiger partial charge in [-0.05, 0) is 12.1 Å². The van der Waals surface area contributed by atoms with Crippen LogP contribution in [-0.4, -0.2) is 40.8 Å². The van der Waals surface area contributed by atoms with Crippen molar-refractivity contribution in [3.63, 3.8) is 0 Å². The highest BCUT2D eigenvalue weighted by atomic mass is 35.5. The third kappa shape index (κ3) is 4.15. The van der Waals surface area contributed by atoms with Crippen molar-refractivity contribution in [2.75, 3.05) is 13.1 Å². The highest BCUT2D eigenvalue weighted by Gasteiger charge is 2.28. The van der Waals surface area contributed by atoms with Crippen LogP contribution in [0.1, 0.15) is 12.2 Å². The maximum Gasteiger partial charge on any atom is 0.237 e. The molecule has 24 heavy (non-hydrogen) atoms. The average Bonchev–Trinajstić information content (AvgIpc) is 3.06. The number of nitrogens with zero attached hydrogens (tertiary/aromatic N) is 2. The molecule has 0 unspecified atom stereocenters. The topological polar surface area (TPSA) is 59.0 Å². The number of nitrogens with one attached hydrogen (secondary N) is 2. The fourth-order valence-corrected chi connectivity index (χ4v) is 2.76. The number of alkyl halides is 1. The Bertz CT molecular complexity index is 710. The number of imidazole rings is 1. The SMILES string of the molecule is Cl.Cl.Cn1c(CCNC(=O)[C@H]2C[C@H](F)CN2)nc2c(F)cccc21. The molecular formula is C15H20Cl2F2N4O. The Hall–Kier alpha value is -1.44. The predicted octanol–water partition coefficient (Wildman–Crippen LogP) is 1.91. The molecule has 1 aliphatic heterocycles. The number of aromatic nitrogens is 2. The molecule has 0 aliphatic carbocycles. The van der Waals surface area contributed by atoms with Gasteiger partial charge >= 0.3 is 0 Å². The Morgan fingerprint density at radius 1 is 1.46 bits per heavy atom. The van der Waals surface area contributed by atoms with Crippen molar-refractivity contribution in [3.05, 3.63) is 29.8 Å². The van der Waals surface area contributed by atoms with E-state index >= 15 is 0 Å². The van der Waals surface area contributed by atoms with Crippen LogP contribution in [0.5, 0.6) is 0 Å². The van der Waals surface area contributed by atoms with Crippen molar-refractivity contribution in [2.24, 2.45) is 7.05 Å². The van der Waals surface area contributed by atoms with Gasteiger partial charge < -0.3 is 15.2 Å². The van der Waals surface area contributed by atoms with E-state index in [1.807, 2.05) is 11.6 Å². The van der Waals surface area contributed by atoms with Crippen LogP contribution in [0.3, 0.4) is 0 Å². The molecule has 9 heteroatoms. The van der Waals surface area contributed by atoms with Crippen LogP contribution in [0.25, 0.3) is 11.0 Å². The fourth-order valence-electron chi connectivity index (χ4n) is 2.76. The van der Waals surface area contributed by atoms with E-state index in [2.05, 4.69) is 15.6 Å². The van der Waals surface area contributed by atoms with Gasteiger partial charge in [-0.15, -0.1) is 24.8 Å². The van der Waals surface area contributed by atoms with Crippen LogP contribution in [-0.2, 0) is 18.3 Å². The third-order valence-corrected chi connectivity index (χ3v) is 4.00. The summed E-state index contributed by atoms with van der Waals surface area (Å²) < 4.78 is 28.5. The molecule has 1 aromatic carbocycles. The van der Waals surface area contributed by atoms with Crippen molar-refractivity contribution in [1.29, 1.82) is 0 Å². The molecule has 134 valence electrons. The molecule has 2 atom stereocenters. The fraction of sp³-hybridized carbons (Fsp3) is 0.467. The van der Waals surface area contributed by atoms with Crippen LogP contribution in [0, 0.1) is 5.82 Å². The lowest BCUT2D eigenvalue weighted by atomic mass is 10.2. The first kappa shape index (κ1) is 20.6. The summed E-state index contributed by atoms with van der Waals surface area (Å²) in [5, 5.41) is 5.60. The van der Waals surface area contributed by atoms with Gasteiger partial charge in [0, 0.05) is 33.0 Å². The molecule has 0 saturated carbocycles. The smallest absolute Gasteiger partial charge is 0.237 e. The molecule has 1 aromatic heterocycles. The van der Waals surface area contributed by atoms with E-state index < -0.39 is 12.2 Å². The summed E-state index contributed by atoms with van der Waals surface area (Å²) in [6, 6.07) is 4.36. The van der Waals surface area contributed by atoms with Crippen molar-refractivity contribution >= 4 is 41.8 Å². The number of benzene rings is 1. The Balaban J connectivity index is 0.00000144. The molecule has 2 aromatic rings. The van der Waals surface area contributed by atoms with E-state index in [9.17, 15) is 13.6 Å². The zero-order chi connectivity index (χ0) is 15.7. The lowest BCUT2D eigenvalue weighted by molar-refractivity contribution is -0.122. The van der Waals surface area contributed by atoms with Crippen molar-refractivity contribution in [3.8, 4) is 0 Å². The Morgan fingerprint density at radius 2 is 2.21 bits per heavy atom. The van der Waals surface area contributed by atoms with Gasteiger partial charge in [-0.1, -0.05) is 6.07 Å². The van der Waals surface area contributed by atoms with Crippen molar-refractivity contribution in [2.45, 2.75) is 25.1 Å². The maximum absolute atomic E-state index is 13.7. The van der Waals surface area contributed by atoms with E-state index in [4.69, 9.17) is 0 Å². The lowest BCUT2D eigenvalue weighted by Crippen LogP contribution is -2.41. The minimum atomic E-state index is -0.960. The predicted molar refractivity (Wildman–Crippen MR) is 93.2 cm³/mol. The first-order valence-electron chi connectivity index (χ1n) is 7.31. The van der Waals surface area contributed by atoms with Gasteiger partial charge in [0.25, 0.3) is 0 Å². The van der Waals surface area contributed by atoms with Crippen LogP contribution in [0.2, 0.25) is 0 Å². The lowest BCUT2D eigenvalue weighted by Gasteiger charge is -2.10. The van der Waals surface area contributed by atoms with Crippen LogP contribution in [0.15, 0.2) is 18.2 Å². The normalized spacial score (nSPS) is 19.6. The molecule has 2 N–H and O–H groups in total. The molecule has 0 bridgehead atoms. The van der Waals surface area contributed by atoms with Crippen LogP contribution in [0.4, 0.5) is 8.78 Å². The van der Waals surface area contributed by atoms with Gasteiger partial charge in [-0.3, -0.25) is 4.79 Å². The van der Waals surface area contributed by atoms with E-state index in [0.717, 1.165) is 5.52 Å². The highest BCUT2D eigenvalue weighted by Crippen LogP contribution is 2.18. The second kappa shape index (κ2) is 8.60. The van der Waals surface area contributed by atoms with E-state index in [-0.39, 0.29) is 49.5 Å². The summed E-state index contributed by atoms with van der Waals surface area (Å²) >= 11 is 0. The Morgan fingerprint density at radius 3 is 2.83 bits per heavy atom.